The first-order valence-corrected chi connectivity index (χ1v) is 11.2. The molecule has 0 amide bonds. The highest BCUT2D eigenvalue weighted by molar-refractivity contribution is 7.93. The first-order valence-electron chi connectivity index (χ1n) is 7.65. The van der Waals surface area contributed by atoms with E-state index in [-0.39, 0.29) is 23.4 Å². The highest BCUT2D eigenvalue weighted by Gasteiger charge is 2.20. The van der Waals surface area contributed by atoms with E-state index in [4.69, 9.17) is 26.6 Å². The zero-order chi connectivity index (χ0) is 20.2. The van der Waals surface area contributed by atoms with Crippen LogP contribution < -0.4 is 14.6 Å². The number of hydrogen-bond donors (Lipinski definition) is 3. The zero-order valence-electron chi connectivity index (χ0n) is 14.3. The average Bonchev–Trinajstić information content (AvgIpc) is 2.59. The third kappa shape index (κ3) is 5.81. The molecule has 0 atom stereocenters. The van der Waals surface area contributed by atoms with Crippen LogP contribution in [-0.2, 0) is 33.1 Å². The molecule has 27 heavy (non-hydrogen) atoms. The van der Waals surface area contributed by atoms with Gasteiger partial charge in [0.25, 0.3) is 0 Å². The SMILES string of the molecule is COc1cc(Cl)ccc1CCS(=O)(=O)Nc1ccc(CO)cc1S(N)(=O)=O. The molecule has 0 fully saturated rings. The smallest absolute Gasteiger partial charge is 0.240 e. The fraction of sp³-hybridized carbons (Fsp3) is 0.250. The Morgan fingerprint density at radius 2 is 1.85 bits per heavy atom. The molecule has 0 aromatic heterocycles. The Labute approximate surface area is 163 Å². The summed E-state index contributed by atoms with van der Waals surface area (Å²) in [6.45, 7) is -0.411. The summed E-state index contributed by atoms with van der Waals surface area (Å²) < 4.78 is 55.7. The number of aliphatic hydroxyl groups excluding tert-OH is 1. The minimum atomic E-state index is -4.19. The van der Waals surface area contributed by atoms with Crippen molar-refractivity contribution >= 4 is 37.3 Å². The number of ether oxygens (including phenoxy) is 1. The molecule has 2 rings (SSSR count). The van der Waals surface area contributed by atoms with Gasteiger partial charge in [0.15, 0.2) is 0 Å². The fourth-order valence-corrected chi connectivity index (χ4v) is 4.44. The molecule has 0 unspecified atom stereocenters. The molecular formula is C16H19ClN2O6S2. The number of methoxy groups -OCH3 is 1. The molecule has 0 aliphatic heterocycles. The van der Waals surface area contributed by atoms with E-state index in [1.54, 1.807) is 18.2 Å². The first-order chi connectivity index (χ1) is 12.6. The van der Waals surface area contributed by atoms with Gasteiger partial charge in [-0.2, -0.15) is 0 Å². The highest BCUT2D eigenvalue weighted by Crippen LogP contribution is 2.25. The van der Waals surface area contributed by atoms with E-state index in [2.05, 4.69) is 4.72 Å². The highest BCUT2D eigenvalue weighted by atomic mass is 35.5. The quantitative estimate of drug-likeness (QED) is 0.575. The van der Waals surface area contributed by atoms with Crippen LogP contribution in [0.25, 0.3) is 0 Å². The Morgan fingerprint density at radius 1 is 1.15 bits per heavy atom. The Hall–Kier alpha value is -1.85. The lowest BCUT2D eigenvalue weighted by Crippen LogP contribution is -2.22. The van der Waals surface area contributed by atoms with Crippen LogP contribution in [0.2, 0.25) is 5.02 Å². The fourth-order valence-electron chi connectivity index (χ4n) is 2.37. The normalized spacial score (nSPS) is 12.0. The van der Waals surface area contributed by atoms with Crippen LogP contribution in [0.4, 0.5) is 5.69 Å². The molecule has 0 aliphatic rings. The van der Waals surface area contributed by atoms with Crippen molar-refractivity contribution in [1.82, 2.24) is 0 Å². The molecule has 11 heteroatoms. The van der Waals surface area contributed by atoms with Crippen molar-refractivity contribution in [2.45, 2.75) is 17.9 Å². The summed E-state index contributed by atoms with van der Waals surface area (Å²) >= 11 is 5.88. The van der Waals surface area contributed by atoms with E-state index in [0.29, 0.717) is 16.3 Å². The molecule has 4 N–H and O–H groups in total. The number of primary sulfonamides is 1. The van der Waals surface area contributed by atoms with Gasteiger partial charge in [-0.05, 0) is 41.8 Å². The van der Waals surface area contributed by atoms with Gasteiger partial charge in [-0.25, -0.2) is 22.0 Å². The van der Waals surface area contributed by atoms with Gasteiger partial charge in [0, 0.05) is 5.02 Å². The number of aliphatic hydroxyl groups is 1. The Balaban J connectivity index is 2.25. The predicted molar refractivity (Wildman–Crippen MR) is 103 cm³/mol. The van der Waals surface area contributed by atoms with Gasteiger partial charge >= 0.3 is 0 Å². The van der Waals surface area contributed by atoms with Gasteiger partial charge in [0.05, 0.1) is 25.2 Å². The largest absolute Gasteiger partial charge is 0.496 e. The van der Waals surface area contributed by atoms with Gasteiger partial charge in [-0.1, -0.05) is 23.7 Å². The number of hydrogen-bond acceptors (Lipinski definition) is 6. The summed E-state index contributed by atoms with van der Waals surface area (Å²) in [5, 5.41) is 14.7. The van der Waals surface area contributed by atoms with E-state index in [0.717, 1.165) is 6.07 Å². The number of sulfonamides is 2. The van der Waals surface area contributed by atoms with E-state index in [1.807, 2.05) is 0 Å². The van der Waals surface area contributed by atoms with Crippen molar-refractivity contribution in [3.63, 3.8) is 0 Å². The van der Waals surface area contributed by atoms with Crippen molar-refractivity contribution in [2.24, 2.45) is 5.14 Å². The third-order valence-electron chi connectivity index (χ3n) is 3.69. The van der Waals surface area contributed by atoms with Crippen molar-refractivity contribution in [2.75, 3.05) is 17.6 Å². The molecule has 8 nitrogen and oxygen atoms in total. The molecule has 2 aromatic rings. The van der Waals surface area contributed by atoms with Gasteiger partial charge in [0.2, 0.25) is 20.0 Å². The monoisotopic (exact) mass is 434 g/mol. The van der Waals surface area contributed by atoms with Gasteiger partial charge < -0.3 is 9.84 Å². The van der Waals surface area contributed by atoms with Crippen LogP contribution in [0, 0.1) is 0 Å². The standard InChI is InChI=1S/C16H19ClN2O6S2/c1-25-15-9-13(17)4-3-12(15)6-7-26(21,22)19-14-5-2-11(10-20)8-16(14)27(18,23)24/h2-5,8-9,19-20H,6-7,10H2,1H3,(H2,18,23,24). The number of halogens is 1. The molecule has 0 spiro atoms. The van der Waals surface area contributed by atoms with E-state index in [9.17, 15) is 16.8 Å². The number of benzene rings is 2. The maximum absolute atomic E-state index is 12.4. The maximum atomic E-state index is 12.4. The van der Waals surface area contributed by atoms with Crippen LogP contribution >= 0.6 is 11.6 Å². The second kappa shape index (κ2) is 8.44. The van der Waals surface area contributed by atoms with Crippen molar-refractivity contribution in [3.8, 4) is 5.75 Å². The minimum Gasteiger partial charge on any atom is -0.496 e. The molecule has 0 heterocycles. The molecule has 148 valence electrons. The Kier molecular flexibility index (Phi) is 6.71. The van der Waals surface area contributed by atoms with Crippen LogP contribution in [0.3, 0.4) is 0 Å². The van der Waals surface area contributed by atoms with Gasteiger partial charge in [-0.3, -0.25) is 4.72 Å². The topological polar surface area (TPSA) is 136 Å². The molecule has 0 radical (unpaired) electrons. The zero-order valence-corrected chi connectivity index (χ0v) is 16.7. The lowest BCUT2D eigenvalue weighted by molar-refractivity contribution is 0.281. The molecule has 0 aliphatic carbocycles. The summed E-state index contributed by atoms with van der Waals surface area (Å²) in [5.74, 6) is 0.131. The van der Waals surface area contributed by atoms with Crippen LogP contribution in [0.5, 0.6) is 5.75 Å². The number of aryl methyl sites for hydroxylation is 1. The van der Waals surface area contributed by atoms with E-state index < -0.39 is 31.5 Å². The molecule has 0 saturated carbocycles. The summed E-state index contributed by atoms with van der Waals surface area (Å²) in [4.78, 5) is -0.415. The molecule has 2 aromatic carbocycles. The summed E-state index contributed by atoms with van der Waals surface area (Å²) in [7, 11) is -6.64. The number of nitrogens with two attached hydrogens (primary N) is 1. The average molecular weight is 435 g/mol. The van der Waals surface area contributed by atoms with Crippen molar-refractivity contribution in [3.05, 3.63) is 52.5 Å². The third-order valence-corrected chi connectivity index (χ3v) is 6.15. The van der Waals surface area contributed by atoms with Crippen molar-refractivity contribution < 1.29 is 26.7 Å². The van der Waals surface area contributed by atoms with E-state index in [1.165, 1.54) is 19.2 Å². The number of anilines is 1. The molecule has 0 saturated heterocycles. The summed E-state index contributed by atoms with van der Waals surface area (Å²) in [6.07, 6.45) is 0.120. The number of nitrogens with one attached hydrogen (secondary N) is 1. The molecule has 0 bridgehead atoms. The first kappa shape index (κ1) is 21.5. The van der Waals surface area contributed by atoms with Gasteiger partial charge in [0.1, 0.15) is 10.6 Å². The molecular weight excluding hydrogens is 416 g/mol. The summed E-state index contributed by atoms with van der Waals surface area (Å²) in [5.41, 5.74) is 0.736. The van der Waals surface area contributed by atoms with Crippen LogP contribution in [0.1, 0.15) is 11.1 Å². The lowest BCUT2D eigenvalue weighted by atomic mass is 10.1. The maximum Gasteiger partial charge on any atom is 0.240 e. The second-order valence-electron chi connectivity index (χ2n) is 5.66. The van der Waals surface area contributed by atoms with Gasteiger partial charge in [-0.15, -0.1) is 0 Å². The summed E-state index contributed by atoms with van der Waals surface area (Å²) in [6, 6.07) is 8.61. The van der Waals surface area contributed by atoms with Crippen LogP contribution in [0.15, 0.2) is 41.3 Å². The predicted octanol–water partition coefficient (Wildman–Crippen LogP) is 1.47. The number of rotatable bonds is 8. The second-order valence-corrected chi connectivity index (χ2v) is 9.47. The minimum absolute atomic E-state index is 0.120. The Bertz CT molecular complexity index is 1040. The van der Waals surface area contributed by atoms with Crippen molar-refractivity contribution in [1.29, 1.82) is 0 Å². The Morgan fingerprint density at radius 3 is 2.44 bits per heavy atom. The van der Waals surface area contributed by atoms with E-state index >= 15 is 0 Å². The lowest BCUT2D eigenvalue weighted by Gasteiger charge is -2.13. The van der Waals surface area contributed by atoms with Crippen LogP contribution in [-0.4, -0.2) is 34.8 Å².